The Kier molecular flexibility index (Phi) is 3.97. The van der Waals surface area contributed by atoms with Crippen molar-refractivity contribution in [3.63, 3.8) is 0 Å². The van der Waals surface area contributed by atoms with E-state index in [-0.39, 0.29) is 17.2 Å². The molecule has 7 heteroatoms. The predicted molar refractivity (Wildman–Crippen MR) is 81.8 cm³/mol. The predicted octanol–water partition coefficient (Wildman–Crippen LogP) is 1.81. The Balaban J connectivity index is 2.00. The number of nitro groups is 1. The van der Waals surface area contributed by atoms with Crippen LogP contribution >= 0.6 is 0 Å². The number of hydrogen-bond donors (Lipinski definition) is 2. The lowest BCUT2D eigenvalue weighted by Gasteiger charge is -2.22. The number of aromatic amines is 1. The molecule has 0 saturated carbocycles. The highest BCUT2D eigenvalue weighted by atomic mass is 16.6. The van der Waals surface area contributed by atoms with Crippen molar-refractivity contribution < 1.29 is 4.92 Å². The maximum atomic E-state index is 11.9. The van der Waals surface area contributed by atoms with Gasteiger partial charge in [0.05, 0.1) is 10.6 Å². The Morgan fingerprint density at radius 3 is 2.73 bits per heavy atom. The molecule has 22 heavy (non-hydrogen) atoms. The second kappa shape index (κ2) is 6.07. The van der Waals surface area contributed by atoms with E-state index in [0.717, 1.165) is 31.6 Å². The molecule has 1 aromatic heterocycles. The molecule has 1 saturated heterocycles. The maximum absolute atomic E-state index is 11.9. The second-order valence-corrected chi connectivity index (χ2v) is 5.35. The first kappa shape index (κ1) is 14.4. The summed E-state index contributed by atoms with van der Waals surface area (Å²) in [7, 11) is 0. The summed E-state index contributed by atoms with van der Waals surface area (Å²) in [5.41, 5.74) is 1.05. The quantitative estimate of drug-likeness (QED) is 0.665. The Morgan fingerprint density at radius 2 is 2.00 bits per heavy atom. The highest BCUT2D eigenvalue weighted by Crippen LogP contribution is 2.25. The molecule has 0 aliphatic carbocycles. The molecule has 0 bridgehead atoms. The fourth-order valence-electron chi connectivity index (χ4n) is 2.71. The van der Waals surface area contributed by atoms with Crippen LogP contribution in [0.15, 0.2) is 35.1 Å². The Hall–Kier alpha value is -2.54. The summed E-state index contributed by atoms with van der Waals surface area (Å²) in [6.07, 6.45) is 1.87. The molecule has 1 aliphatic heterocycles. The number of H-pyrrole nitrogens is 1. The average Bonchev–Trinajstić information content (AvgIpc) is 2.55. The third kappa shape index (κ3) is 3.04. The van der Waals surface area contributed by atoms with E-state index in [1.54, 1.807) is 12.1 Å². The first-order chi connectivity index (χ1) is 10.6. The Morgan fingerprint density at radius 1 is 1.23 bits per heavy atom. The molecule has 2 aromatic rings. The van der Waals surface area contributed by atoms with Crippen LogP contribution in [0.25, 0.3) is 11.4 Å². The van der Waals surface area contributed by atoms with Crippen LogP contribution in [0.5, 0.6) is 0 Å². The van der Waals surface area contributed by atoms with Gasteiger partial charge in [-0.1, -0.05) is 12.1 Å². The molecule has 114 valence electrons. The van der Waals surface area contributed by atoms with E-state index in [1.807, 2.05) is 0 Å². The molecular weight excluding hydrogens is 284 g/mol. The van der Waals surface area contributed by atoms with Gasteiger partial charge in [0.15, 0.2) is 0 Å². The van der Waals surface area contributed by atoms with Crippen molar-refractivity contribution >= 4 is 5.69 Å². The summed E-state index contributed by atoms with van der Waals surface area (Å²) in [4.78, 5) is 29.5. The molecule has 1 fully saturated rings. The molecule has 2 heterocycles. The normalized spacial score (nSPS) is 15.6. The molecule has 0 atom stereocenters. The topological polar surface area (TPSA) is 101 Å². The third-order valence-electron chi connectivity index (χ3n) is 3.85. The summed E-state index contributed by atoms with van der Waals surface area (Å²) < 4.78 is 0. The van der Waals surface area contributed by atoms with Gasteiger partial charge in [-0.25, -0.2) is 4.98 Å². The maximum Gasteiger partial charge on any atom is 0.270 e. The smallest absolute Gasteiger partial charge is 0.270 e. The second-order valence-electron chi connectivity index (χ2n) is 5.35. The van der Waals surface area contributed by atoms with Gasteiger partial charge in [-0.05, 0) is 25.9 Å². The lowest BCUT2D eigenvalue weighted by atomic mass is 9.94. The zero-order valence-electron chi connectivity index (χ0n) is 11.9. The van der Waals surface area contributed by atoms with Crippen LogP contribution in [0.4, 0.5) is 5.69 Å². The minimum atomic E-state index is -0.460. The van der Waals surface area contributed by atoms with Crippen LogP contribution in [0, 0.1) is 10.1 Å². The lowest BCUT2D eigenvalue weighted by Crippen LogP contribution is -2.28. The van der Waals surface area contributed by atoms with Crippen LogP contribution in [0.3, 0.4) is 0 Å². The van der Waals surface area contributed by atoms with Gasteiger partial charge in [-0.2, -0.15) is 0 Å². The van der Waals surface area contributed by atoms with Gasteiger partial charge in [0.25, 0.3) is 11.2 Å². The average molecular weight is 300 g/mol. The third-order valence-corrected chi connectivity index (χ3v) is 3.85. The van der Waals surface area contributed by atoms with Gasteiger partial charge < -0.3 is 10.3 Å². The highest BCUT2D eigenvalue weighted by molar-refractivity contribution is 5.59. The van der Waals surface area contributed by atoms with Crippen LogP contribution in [-0.2, 0) is 0 Å². The molecule has 1 aliphatic rings. The first-order valence-electron chi connectivity index (χ1n) is 7.20. The number of hydrogen-bond acceptors (Lipinski definition) is 5. The monoisotopic (exact) mass is 300 g/mol. The van der Waals surface area contributed by atoms with Crippen molar-refractivity contribution in [3.05, 3.63) is 56.5 Å². The zero-order valence-corrected chi connectivity index (χ0v) is 11.9. The molecule has 7 nitrogen and oxygen atoms in total. The Labute approximate surface area is 126 Å². The summed E-state index contributed by atoms with van der Waals surface area (Å²) in [5, 5.41) is 14.1. The summed E-state index contributed by atoms with van der Waals surface area (Å²) >= 11 is 0. The van der Waals surface area contributed by atoms with Crippen LogP contribution in [0.1, 0.15) is 24.5 Å². The number of piperidine rings is 1. The number of rotatable bonds is 3. The molecule has 0 unspecified atom stereocenters. The van der Waals surface area contributed by atoms with Crippen LogP contribution in [-0.4, -0.2) is 28.0 Å². The molecule has 0 radical (unpaired) electrons. The minimum Gasteiger partial charge on any atom is -0.317 e. The molecule has 2 N–H and O–H groups in total. The van der Waals surface area contributed by atoms with Crippen molar-refractivity contribution in [2.24, 2.45) is 0 Å². The number of benzene rings is 1. The number of nitro benzene ring substituents is 1. The molecular formula is C15H16N4O3. The zero-order chi connectivity index (χ0) is 15.5. The van der Waals surface area contributed by atoms with E-state index in [2.05, 4.69) is 15.3 Å². The molecule has 0 spiro atoms. The molecule has 0 amide bonds. The van der Waals surface area contributed by atoms with Gasteiger partial charge in [0.2, 0.25) is 0 Å². The van der Waals surface area contributed by atoms with E-state index < -0.39 is 4.92 Å². The number of non-ortho nitro benzene ring substituents is 1. The van der Waals surface area contributed by atoms with Crippen molar-refractivity contribution in [1.29, 1.82) is 0 Å². The van der Waals surface area contributed by atoms with Crippen molar-refractivity contribution in [2.75, 3.05) is 13.1 Å². The van der Waals surface area contributed by atoms with E-state index in [0.29, 0.717) is 11.4 Å². The SMILES string of the molecule is O=c1cc(C2CCNCC2)nc(-c2cccc([N+](=O)[O-])c2)[nH]1. The fourth-order valence-corrected chi connectivity index (χ4v) is 2.71. The summed E-state index contributed by atoms with van der Waals surface area (Å²) in [5.74, 6) is 0.630. The van der Waals surface area contributed by atoms with Crippen LogP contribution in [0.2, 0.25) is 0 Å². The van der Waals surface area contributed by atoms with Crippen molar-refractivity contribution in [2.45, 2.75) is 18.8 Å². The van der Waals surface area contributed by atoms with Gasteiger partial charge in [0, 0.05) is 29.7 Å². The summed E-state index contributed by atoms with van der Waals surface area (Å²) in [6, 6.07) is 7.65. The Bertz CT molecular complexity index is 750. The van der Waals surface area contributed by atoms with Crippen LogP contribution < -0.4 is 10.9 Å². The van der Waals surface area contributed by atoms with Crippen molar-refractivity contribution in [3.8, 4) is 11.4 Å². The number of aromatic nitrogens is 2. The fraction of sp³-hybridized carbons (Fsp3) is 0.333. The van der Waals surface area contributed by atoms with E-state index in [9.17, 15) is 14.9 Å². The molecule has 1 aromatic carbocycles. The first-order valence-corrected chi connectivity index (χ1v) is 7.20. The number of nitrogens with one attached hydrogen (secondary N) is 2. The standard InChI is InChI=1S/C15H16N4O3/c20-14-9-13(10-4-6-16-7-5-10)17-15(18-14)11-2-1-3-12(8-11)19(21)22/h1-3,8-10,16H,4-7H2,(H,17,18,20). The van der Waals surface area contributed by atoms with Gasteiger partial charge in [0.1, 0.15) is 5.82 Å². The lowest BCUT2D eigenvalue weighted by molar-refractivity contribution is -0.384. The highest BCUT2D eigenvalue weighted by Gasteiger charge is 2.18. The van der Waals surface area contributed by atoms with Crippen molar-refractivity contribution in [1.82, 2.24) is 15.3 Å². The largest absolute Gasteiger partial charge is 0.317 e. The van der Waals surface area contributed by atoms with Gasteiger partial charge in [-0.3, -0.25) is 14.9 Å². The minimum absolute atomic E-state index is 0.0209. The summed E-state index contributed by atoms with van der Waals surface area (Å²) in [6.45, 7) is 1.82. The van der Waals surface area contributed by atoms with E-state index in [4.69, 9.17) is 0 Å². The molecule has 3 rings (SSSR count). The van der Waals surface area contributed by atoms with Gasteiger partial charge in [-0.15, -0.1) is 0 Å². The van der Waals surface area contributed by atoms with Gasteiger partial charge >= 0.3 is 0 Å². The van der Waals surface area contributed by atoms with E-state index in [1.165, 1.54) is 18.2 Å². The van der Waals surface area contributed by atoms with E-state index >= 15 is 0 Å². The number of nitrogens with zero attached hydrogens (tertiary/aromatic N) is 2.